The molecule has 1 atom stereocenters. The smallest absolute Gasteiger partial charge is 0.326 e. The minimum atomic E-state index is -0.970. The SMILES string of the molecule is CC(C)CCC(=O)N[C@@H](C(=O)O)C(C)C. The molecule has 0 aromatic heterocycles. The lowest BCUT2D eigenvalue weighted by Crippen LogP contribution is -2.44. The molecule has 0 rings (SSSR count). The van der Waals surface area contributed by atoms with Gasteiger partial charge < -0.3 is 10.4 Å². The molecular formula is C11H21NO3. The fourth-order valence-corrected chi connectivity index (χ4v) is 1.18. The molecule has 0 saturated carbocycles. The first-order valence-corrected chi connectivity index (χ1v) is 5.36. The van der Waals surface area contributed by atoms with Gasteiger partial charge in [-0.1, -0.05) is 27.7 Å². The number of nitrogens with one attached hydrogen (secondary N) is 1. The Labute approximate surface area is 91.1 Å². The van der Waals surface area contributed by atoms with E-state index < -0.39 is 12.0 Å². The second-order valence-corrected chi connectivity index (χ2v) is 4.56. The lowest BCUT2D eigenvalue weighted by molar-refractivity contribution is -0.143. The second-order valence-electron chi connectivity index (χ2n) is 4.56. The first-order valence-electron chi connectivity index (χ1n) is 5.36. The first kappa shape index (κ1) is 13.9. The Morgan fingerprint density at radius 2 is 1.73 bits per heavy atom. The standard InChI is InChI=1S/C11H21NO3/c1-7(2)5-6-9(13)12-10(8(3)4)11(14)15/h7-8,10H,5-6H2,1-4H3,(H,12,13)(H,14,15)/t10-/m1/s1. The molecular weight excluding hydrogens is 194 g/mol. The van der Waals surface area contributed by atoms with Crippen LogP contribution in [0.2, 0.25) is 0 Å². The van der Waals surface area contributed by atoms with Crippen LogP contribution < -0.4 is 5.32 Å². The van der Waals surface area contributed by atoms with Crippen LogP contribution >= 0.6 is 0 Å². The van der Waals surface area contributed by atoms with Gasteiger partial charge in [0.15, 0.2) is 0 Å². The Bertz CT molecular complexity index is 224. The number of rotatable bonds is 6. The van der Waals surface area contributed by atoms with Crippen molar-refractivity contribution >= 4 is 11.9 Å². The topological polar surface area (TPSA) is 66.4 Å². The molecule has 1 amide bonds. The van der Waals surface area contributed by atoms with Crippen LogP contribution in [0.5, 0.6) is 0 Å². The van der Waals surface area contributed by atoms with E-state index in [4.69, 9.17) is 5.11 Å². The van der Waals surface area contributed by atoms with Crippen molar-refractivity contribution in [3.05, 3.63) is 0 Å². The van der Waals surface area contributed by atoms with E-state index in [1.54, 1.807) is 13.8 Å². The maximum absolute atomic E-state index is 11.4. The fourth-order valence-electron chi connectivity index (χ4n) is 1.18. The zero-order valence-electron chi connectivity index (χ0n) is 9.91. The number of carbonyl (C=O) groups excluding carboxylic acids is 1. The van der Waals surface area contributed by atoms with Crippen LogP contribution in [0.1, 0.15) is 40.5 Å². The van der Waals surface area contributed by atoms with E-state index in [1.807, 2.05) is 13.8 Å². The summed E-state index contributed by atoms with van der Waals surface area (Å²) < 4.78 is 0. The maximum Gasteiger partial charge on any atom is 0.326 e. The summed E-state index contributed by atoms with van der Waals surface area (Å²) in [6, 6.07) is -0.773. The molecule has 0 aliphatic rings. The molecule has 0 aromatic carbocycles. The van der Waals surface area contributed by atoms with Gasteiger partial charge >= 0.3 is 5.97 Å². The molecule has 4 heteroatoms. The maximum atomic E-state index is 11.4. The highest BCUT2D eigenvalue weighted by Gasteiger charge is 2.22. The van der Waals surface area contributed by atoms with Crippen molar-refractivity contribution in [2.45, 2.75) is 46.6 Å². The highest BCUT2D eigenvalue weighted by molar-refractivity contribution is 5.83. The lowest BCUT2D eigenvalue weighted by Gasteiger charge is -2.18. The third kappa shape index (κ3) is 6.10. The van der Waals surface area contributed by atoms with Crippen molar-refractivity contribution in [3.8, 4) is 0 Å². The molecule has 0 radical (unpaired) electrons. The van der Waals surface area contributed by atoms with Crippen LogP contribution in [0.3, 0.4) is 0 Å². The van der Waals surface area contributed by atoms with E-state index in [2.05, 4.69) is 5.32 Å². The average Bonchev–Trinajstić information content (AvgIpc) is 2.09. The molecule has 4 nitrogen and oxygen atoms in total. The molecule has 0 spiro atoms. The second kappa shape index (κ2) is 6.43. The Balaban J connectivity index is 4.07. The molecule has 0 heterocycles. The molecule has 0 bridgehead atoms. The van der Waals surface area contributed by atoms with Crippen molar-refractivity contribution in [3.63, 3.8) is 0 Å². The number of carboxylic acids is 1. The van der Waals surface area contributed by atoms with E-state index in [-0.39, 0.29) is 11.8 Å². The fraction of sp³-hybridized carbons (Fsp3) is 0.818. The van der Waals surface area contributed by atoms with Gasteiger partial charge in [0.1, 0.15) is 6.04 Å². The van der Waals surface area contributed by atoms with Gasteiger partial charge in [0.05, 0.1) is 0 Å². The van der Waals surface area contributed by atoms with Crippen LogP contribution in [-0.4, -0.2) is 23.0 Å². The van der Waals surface area contributed by atoms with Crippen molar-refractivity contribution in [1.29, 1.82) is 0 Å². The van der Waals surface area contributed by atoms with Crippen molar-refractivity contribution in [2.75, 3.05) is 0 Å². The van der Waals surface area contributed by atoms with Crippen molar-refractivity contribution in [1.82, 2.24) is 5.32 Å². The third-order valence-electron chi connectivity index (χ3n) is 2.20. The van der Waals surface area contributed by atoms with Gasteiger partial charge in [-0.05, 0) is 18.3 Å². The molecule has 0 aromatic rings. The summed E-state index contributed by atoms with van der Waals surface area (Å²) in [7, 11) is 0. The van der Waals surface area contributed by atoms with Crippen molar-refractivity contribution < 1.29 is 14.7 Å². The van der Waals surface area contributed by atoms with Crippen LogP contribution in [0, 0.1) is 11.8 Å². The zero-order valence-corrected chi connectivity index (χ0v) is 9.91. The number of carbonyl (C=O) groups is 2. The molecule has 0 unspecified atom stereocenters. The van der Waals surface area contributed by atoms with Gasteiger partial charge in [0.25, 0.3) is 0 Å². The molecule has 88 valence electrons. The average molecular weight is 215 g/mol. The molecule has 0 aliphatic heterocycles. The number of amides is 1. The minimum absolute atomic E-state index is 0.0921. The summed E-state index contributed by atoms with van der Waals surface area (Å²) in [6.07, 6.45) is 1.18. The molecule has 15 heavy (non-hydrogen) atoms. The van der Waals surface area contributed by atoms with Crippen LogP contribution in [0.25, 0.3) is 0 Å². The van der Waals surface area contributed by atoms with Gasteiger partial charge in [-0.2, -0.15) is 0 Å². The molecule has 0 aliphatic carbocycles. The van der Waals surface area contributed by atoms with Crippen LogP contribution in [0.4, 0.5) is 0 Å². The van der Waals surface area contributed by atoms with Gasteiger partial charge in [0, 0.05) is 6.42 Å². The van der Waals surface area contributed by atoms with E-state index in [0.29, 0.717) is 12.3 Å². The van der Waals surface area contributed by atoms with Gasteiger partial charge in [-0.25, -0.2) is 4.79 Å². The Morgan fingerprint density at radius 3 is 2.07 bits per heavy atom. The van der Waals surface area contributed by atoms with E-state index >= 15 is 0 Å². The normalized spacial score (nSPS) is 12.9. The molecule has 0 fully saturated rings. The summed E-state index contributed by atoms with van der Waals surface area (Å²) in [6.45, 7) is 7.62. The van der Waals surface area contributed by atoms with Crippen LogP contribution in [-0.2, 0) is 9.59 Å². The summed E-state index contributed by atoms with van der Waals surface area (Å²) >= 11 is 0. The van der Waals surface area contributed by atoms with Gasteiger partial charge in [0.2, 0.25) is 5.91 Å². The van der Waals surface area contributed by atoms with E-state index in [9.17, 15) is 9.59 Å². The Hall–Kier alpha value is -1.06. The Morgan fingerprint density at radius 1 is 1.20 bits per heavy atom. The summed E-state index contributed by atoms with van der Waals surface area (Å²) in [4.78, 5) is 22.2. The summed E-state index contributed by atoms with van der Waals surface area (Å²) in [5.41, 5.74) is 0. The summed E-state index contributed by atoms with van der Waals surface area (Å²) in [5, 5.41) is 11.4. The summed E-state index contributed by atoms with van der Waals surface area (Å²) in [5.74, 6) is -0.781. The van der Waals surface area contributed by atoms with Crippen molar-refractivity contribution in [2.24, 2.45) is 11.8 Å². The lowest BCUT2D eigenvalue weighted by atomic mass is 10.0. The monoisotopic (exact) mass is 215 g/mol. The number of hydrogen-bond donors (Lipinski definition) is 2. The largest absolute Gasteiger partial charge is 0.480 e. The van der Waals surface area contributed by atoms with Gasteiger partial charge in [-0.3, -0.25) is 4.79 Å². The van der Waals surface area contributed by atoms with Crippen LogP contribution in [0.15, 0.2) is 0 Å². The Kier molecular flexibility index (Phi) is 5.97. The predicted octanol–water partition coefficient (Wildman–Crippen LogP) is 1.65. The van der Waals surface area contributed by atoms with Gasteiger partial charge in [-0.15, -0.1) is 0 Å². The highest BCUT2D eigenvalue weighted by Crippen LogP contribution is 2.06. The zero-order chi connectivity index (χ0) is 12.0. The quantitative estimate of drug-likeness (QED) is 0.708. The number of carboxylic acid groups (broad SMARTS) is 1. The predicted molar refractivity (Wildman–Crippen MR) is 58.5 cm³/mol. The first-order chi connectivity index (χ1) is 6.84. The van der Waals surface area contributed by atoms with E-state index in [0.717, 1.165) is 6.42 Å². The third-order valence-corrected chi connectivity index (χ3v) is 2.20. The van der Waals surface area contributed by atoms with E-state index in [1.165, 1.54) is 0 Å². The number of aliphatic carboxylic acids is 1. The number of hydrogen-bond acceptors (Lipinski definition) is 2. The molecule has 0 saturated heterocycles. The molecule has 2 N–H and O–H groups in total. The minimum Gasteiger partial charge on any atom is -0.480 e. The highest BCUT2D eigenvalue weighted by atomic mass is 16.4.